The van der Waals surface area contributed by atoms with Crippen LogP contribution in [0.25, 0.3) is 0 Å². The van der Waals surface area contributed by atoms with Crippen LogP contribution in [0, 0.1) is 10.1 Å². The van der Waals surface area contributed by atoms with Crippen LogP contribution in [0.3, 0.4) is 0 Å². The van der Waals surface area contributed by atoms with Gasteiger partial charge in [-0.1, -0.05) is 20.3 Å². The minimum Gasteiger partial charge on any atom is -0.370 e. The van der Waals surface area contributed by atoms with Crippen molar-refractivity contribution < 1.29 is 4.92 Å². The maximum absolute atomic E-state index is 10.9. The zero-order valence-electron chi connectivity index (χ0n) is 11.8. The molecule has 0 spiro atoms. The third-order valence-electron chi connectivity index (χ3n) is 2.86. The molecule has 6 heteroatoms. The first-order valence-corrected chi connectivity index (χ1v) is 6.77. The molecule has 6 nitrogen and oxygen atoms in total. The lowest BCUT2D eigenvalue weighted by Gasteiger charge is -2.17. The average Bonchev–Trinajstić information content (AvgIpc) is 2.38. The van der Waals surface area contributed by atoms with E-state index in [1.807, 2.05) is 6.92 Å². The predicted molar refractivity (Wildman–Crippen MR) is 77.7 cm³/mol. The summed E-state index contributed by atoms with van der Waals surface area (Å²) in [5.74, 6) is 1.09. The molecule has 1 unspecified atom stereocenters. The summed E-state index contributed by atoms with van der Waals surface area (Å²) in [6.07, 6.45) is 3.06. The Labute approximate surface area is 113 Å². The van der Waals surface area contributed by atoms with Gasteiger partial charge in [-0.25, -0.2) is 4.98 Å². The fraction of sp³-hybridized carbons (Fsp3) is 0.615. The summed E-state index contributed by atoms with van der Waals surface area (Å²) in [5.41, 5.74) is 0.0554. The van der Waals surface area contributed by atoms with E-state index in [1.165, 1.54) is 12.1 Å². The zero-order valence-corrected chi connectivity index (χ0v) is 11.8. The van der Waals surface area contributed by atoms with Crippen molar-refractivity contribution in [1.29, 1.82) is 0 Å². The highest BCUT2D eigenvalue weighted by Gasteiger charge is 2.13. The molecular formula is C13H22N4O2. The van der Waals surface area contributed by atoms with E-state index in [9.17, 15) is 10.1 Å². The predicted octanol–water partition coefficient (Wildman–Crippen LogP) is 3.41. The van der Waals surface area contributed by atoms with E-state index >= 15 is 0 Å². The number of nitrogens with one attached hydrogen (secondary N) is 2. The molecule has 0 aromatic carbocycles. The molecule has 0 radical (unpaired) electrons. The Morgan fingerprint density at radius 2 is 2.00 bits per heavy atom. The quantitative estimate of drug-likeness (QED) is 0.556. The lowest BCUT2D eigenvalue weighted by molar-refractivity contribution is -0.384. The van der Waals surface area contributed by atoms with Gasteiger partial charge in [0.15, 0.2) is 0 Å². The van der Waals surface area contributed by atoms with Crippen LogP contribution in [0.4, 0.5) is 17.3 Å². The first-order valence-electron chi connectivity index (χ1n) is 6.77. The molecule has 19 heavy (non-hydrogen) atoms. The van der Waals surface area contributed by atoms with E-state index in [4.69, 9.17) is 0 Å². The normalized spacial score (nSPS) is 11.9. The number of rotatable bonds is 8. The SMILES string of the molecule is CCCC(CC)Nc1cc([N+](=O)[O-])cc(NCC)n1. The van der Waals surface area contributed by atoms with Crippen LogP contribution in [0.2, 0.25) is 0 Å². The van der Waals surface area contributed by atoms with Crippen LogP contribution >= 0.6 is 0 Å². The third-order valence-corrected chi connectivity index (χ3v) is 2.86. The first kappa shape index (κ1) is 15.2. The van der Waals surface area contributed by atoms with E-state index in [2.05, 4.69) is 29.5 Å². The molecule has 0 amide bonds. The minimum atomic E-state index is -0.394. The van der Waals surface area contributed by atoms with Gasteiger partial charge in [-0.3, -0.25) is 10.1 Å². The Bertz CT molecular complexity index is 423. The molecule has 0 saturated heterocycles. The van der Waals surface area contributed by atoms with Gasteiger partial charge in [0.2, 0.25) is 0 Å². The average molecular weight is 266 g/mol. The van der Waals surface area contributed by atoms with Gasteiger partial charge >= 0.3 is 0 Å². The fourth-order valence-electron chi connectivity index (χ4n) is 1.90. The highest BCUT2D eigenvalue weighted by atomic mass is 16.6. The molecule has 106 valence electrons. The van der Waals surface area contributed by atoms with E-state index in [0.717, 1.165) is 19.3 Å². The van der Waals surface area contributed by atoms with Crippen LogP contribution < -0.4 is 10.6 Å². The highest BCUT2D eigenvalue weighted by molar-refractivity contribution is 5.54. The van der Waals surface area contributed by atoms with Crippen molar-refractivity contribution in [3.8, 4) is 0 Å². The summed E-state index contributed by atoms with van der Waals surface area (Å²) in [7, 11) is 0. The van der Waals surface area contributed by atoms with Gasteiger partial charge in [-0.05, 0) is 19.8 Å². The molecule has 1 heterocycles. The standard InChI is InChI=1S/C13H22N4O2/c1-4-7-10(5-2)15-13-9-11(17(18)19)8-12(16-13)14-6-3/h8-10H,4-7H2,1-3H3,(H2,14,15,16). The number of pyridine rings is 1. The van der Waals surface area contributed by atoms with Crippen LogP contribution in [0.1, 0.15) is 40.0 Å². The Morgan fingerprint density at radius 1 is 1.32 bits per heavy atom. The van der Waals surface area contributed by atoms with Crippen molar-refractivity contribution in [1.82, 2.24) is 4.98 Å². The lowest BCUT2D eigenvalue weighted by atomic mass is 10.1. The van der Waals surface area contributed by atoms with Gasteiger partial charge in [0.05, 0.1) is 17.1 Å². The van der Waals surface area contributed by atoms with Crippen LogP contribution in [-0.4, -0.2) is 22.5 Å². The second kappa shape index (κ2) is 7.56. The number of aromatic nitrogens is 1. The smallest absolute Gasteiger partial charge is 0.276 e. The largest absolute Gasteiger partial charge is 0.370 e. The van der Waals surface area contributed by atoms with Gasteiger partial charge in [-0.2, -0.15) is 0 Å². The van der Waals surface area contributed by atoms with Crippen molar-refractivity contribution in [2.24, 2.45) is 0 Å². The van der Waals surface area contributed by atoms with Crippen molar-refractivity contribution in [2.75, 3.05) is 17.2 Å². The summed E-state index contributed by atoms with van der Waals surface area (Å²) in [6.45, 7) is 6.82. The summed E-state index contributed by atoms with van der Waals surface area (Å²) in [4.78, 5) is 14.9. The minimum absolute atomic E-state index is 0.0554. The molecule has 1 aromatic heterocycles. The van der Waals surface area contributed by atoms with E-state index in [1.54, 1.807) is 0 Å². The summed E-state index contributed by atoms with van der Waals surface area (Å²) in [5, 5.41) is 17.2. The molecule has 0 aliphatic heterocycles. The van der Waals surface area contributed by atoms with E-state index in [0.29, 0.717) is 24.2 Å². The van der Waals surface area contributed by atoms with Crippen LogP contribution in [0.5, 0.6) is 0 Å². The molecule has 1 rings (SSSR count). The number of nitrogens with zero attached hydrogens (tertiary/aromatic N) is 2. The maximum atomic E-state index is 10.9. The Balaban J connectivity index is 2.94. The second-order valence-corrected chi connectivity index (χ2v) is 4.42. The number of hydrogen-bond acceptors (Lipinski definition) is 5. The van der Waals surface area contributed by atoms with Crippen molar-refractivity contribution in [3.05, 3.63) is 22.2 Å². The lowest BCUT2D eigenvalue weighted by Crippen LogP contribution is -2.19. The Hall–Kier alpha value is -1.85. The summed E-state index contributed by atoms with van der Waals surface area (Å²) < 4.78 is 0. The number of nitro groups is 1. The molecule has 0 saturated carbocycles. The van der Waals surface area contributed by atoms with Crippen molar-refractivity contribution in [2.45, 2.75) is 46.1 Å². The zero-order chi connectivity index (χ0) is 14.3. The van der Waals surface area contributed by atoms with Gasteiger partial charge in [0, 0.05) is 12.6 Å². The van der Waals surface area contributed by atoms with E-state index in [-0.39, 0.29) is 5.69 Å². The monoisotopic (exact) mass is 266 g/mol. The van der Waals surface area contributed by atoms with Gasteiger partial charge in [0.25, 0.3) is 5.69 Å². The van der Waals surface area contributed by atoms with Crippen molar-refractivity contribution >= 4 is 17.3 Å². The molecule has 0 aliphatic carbocycles. The van der Waals surface area contributed by atoms with Crippen LogP contribution in [-0.2, 0) is 0 Å². The Kier molecular flexibility index (Phi) is 6.05. The molecule has 2 N–H and O–H groups in total. The molecule has 0 bridgehead atoms. The highest BCUT2D eigenvalue weighted by Crippen LogP contribution is 2.22. The van der Waals surface area contributed by atoms with Crippen LogP contribution in [0.15, 0.2) is 12.1 Å². The fourth-order valence-corrected chi connectivity index (χ4v) is 1.90. The first-order chi connectivity index (χ1) is 9.10. The van der Waals surface area contributed by atoms with Gasteiger partial charge in [0.1, 0.15) is 11.6 Å². The second-order valence-electron chi connectivity index (χ2n) is 4.42. The third kappa shape index (κ3) is 4.73. The molecule has 1 atom stereocenters. The van der Waals surface area contributed by atoms with E-state index < -0.39 is 4.92 Å². The number of hydrogen-bond donors (Lipinski definition) is 2. The number of anilines is 2. The molecule has 0 aliphatic rings. The molecule has 0 fully saturated rings. The van der Waals surface area contributed by atoms with Gasteiger partial charge < -0.3 is 10.6 Å². The maximum Gasteiger partial charge on any atom is 0.276 e. The summed E-state index contributed by atoms with van der Waals surface area (Å²) in [6, 6.07) is 3.24. The molecule has 1 aromatic rings. The summed E-state index contributed by atoms with van der Waals surface area (Å²) >= 11 is 0. The Morgan fingerprint density at radius 3 is 2.53 bits per heavy atom. The topological polar surface area (TPSA) is 80.1 Å². The molecular weight excluding hydrogens is 244 g/mol. The van der Waals surface area contributed by atoms with Crippen molar-refractivity contribution in [3.63, 3.8) is 0 Å². The van der Waals surface area contributed by atoms with Gasteiger partial charge in [-0.15, -0.1) is 0 Å².